The first-order valence-corrected chi connectivity index (χ1v) is 6.96. The Morgan fingerprint density at radius 1 is 1.06 bits per heavy atom. The normalized spacial score (nSPS) is 15.1. The van der Waals surface area contributed by atoms with E-state index in [4.69, 9.17) is 0 Å². The monoisotopic (exact) mass is 249 g/mol. The molecule has 0 aliphatic rings. The summed E-state index contributed by atoms with van der Waals surface area (Å²) in [5.41, 5.74) is 1.30. The smallest absolute Gasteiger partial charge is 0.0584 e. The third-order valence-corrected chi connectivity index (χ3v) is 3.22. The van der Waals surface area contributed by atoms with Gasteiger partial charge < -0.3 is 10.4 Å². The fourth-order valence-corrected chi connectivity index (χ4v) is 2.35. The lowest BCUT2D eigenvalue weighted by molar-refractivity contribution is 0.202. The molecule has 0 aliphatic heterocycles. The summed E-state index contributed by atoms with van der Waals surface area (Å²) in [6.45, 7) is 9.02. The van der Waals surface area contributed by atoms with E-state index in [9.17, 15) is 5.11 Å². The van der Waals surface area contributed by atoms with Crippen LogP contribution in [0, 0.1) is 11.8 Å². The Morgan fingerprint density at radius 2 is 1.67 bits per heavy atom. The average Bonchev–Trinajstić information content (AvgIpc) is 2.34. The van der Waals surface area contributed by atoms with E-state index < -0.39 is 0 Å². The van der Waals surface area contributed by atoms with Crippen LogP contribution in [0.5, 0.6) is 0 Å². The van der Waals surface area contributed by atoms with Crippen LogP contribution in [-0.4, -0.2) is 17.8 Å². The molecule has 18 heavy (non-hydrogen) atoms. The van der Waals surface area contributed by atoms with Gasteiger partial charge in [-0.2, -0.15) is 0 Å². The van der Waals surface area contributed by atoms with E-state index in [1.54, 1.807) is 0 Å². The molecule has 2 atom stereocenters. The van der Waals surface area contributed by atoms with Gasteiger partial charge in [-0.1, -0.05) is 58.0 Å². The minimum atomic E-state index is 0.178. The SMILES string of the molecule is CC(C)CC(CO)NC(c1ccccc1)C(C)C. The molecule has 0 fully saturated rings. The van der Waals surface area contributed by atoms with E-state index in [2.05, 4.69) is 57.3 Å². The molecule has 2 nitrogen and oxygen atoms in total. The van der Waals surface area contributed by atoms with Crippen LogP contribution in [0.4, 0.5) is 0 Å². The molecule has 1 aromatic rings. The molecule has 0 aromatic heterocycles. The number of rotatable bonds is 7. The molecule has 0 amide bonds. The zero-order chi connectivity index (χ0) is 13.5. The fraction of sp³-hybridized carbons (Fsp3) is 0.625. The minimum absolute atomic E-state index is 0.178. The fourth-order valence-electron chi connectivity index (χ4n) is 2.35. The van der Waals surface area contributed by atoms with Crippen LogP contribution in [-0.2, 0) is 0 Å². The first kappa shape index (κ1) is 15.2. The number of aliphatic hydroxyl groups excluding tert-OH is 1. The van der Waals surface area contributed by atoms with Gasteiger partial charge >= 0.3 is 0 Å². The van der Waals surface area contributed by atoms with Crippen molar-refractivity contribution in [2.24, 2.45) is 11.8 Å². The highest BCUT2D eigenvalue weighted by Crippen LogP contribution is 2.23. The summed E-state index contributed by atoms with van der Waals surface area (Å²) in [5.74, 6) is 1.10. The summed E-state index contributed by atoms with van der Waals surface area (Å²) in [6.07, 6.45) is 1.01. The van der Waals surface area contributed by atoms with E-state index in [0.29, 0.717) is 17.9 Å². The maximum atomic E-state index is 9.49. The Morgan fingerprint density at radius 3 is 2.11 bits per heavy atom. The molecule has 2 heteroatoms. The van der Waals surface area contributed by atoms with Crippen molar-refractivity contribution in [1.82, 2.24) is 5.32 Å². The van der Waals surface area contributed by atoms with Gasteiger partial charge in [-0.05, 0) is 23.8 Å². The van der Waals surface area contributed by atoms with Gasteiger partial charge in [0.05, 0.1) is 6.61 Å². The van der Waals surface area contributed by atoms with Crippen molar-refractivity contribution in [1.29, 1.82) is 0 Å². The molecule has 102 valence electrons. The van der Waals surface area contributed by atoms with Gasteiger partial charge in [0.1, 0.15) is 0 Å². The quantitative estimate of drug-likeness (QED) is 0.776. The van der Waals surface area contributed by atoms with Crippen molar-refractivity contribution in [2.45, 2.75) is 46.2 Å². The summed E-state index contributed by atoms with van der Waals surface area (Å²) >= 11 is 0. The molecule has 2 N–H and O–H groups in total. The summed E-state index contributed by atoms with van der Waals surface area (Å²) < 4.78 is 0. The summed E-state index contributed by atoms with van der Waals surface area (Å²) in [7, 11) is 0. The number of hydrogen-bond acceptors (Lipinski definition) is 2. The van der Waals surface area contributed by atoms with Gasteiger partial charge in [-0.3, -0.25) is 0 Å². The van der Waals surface area contributed by atoms with Gasteiger partial charge in [0.2, 0.25) is 0 Å². The third-order valence-electron chi connectivity index (χ3n) is 3.22. The van der Waals surface area contributed by atoms with Gasteiger partial charge in [0, 0.05) is 12.1 Å². The molecule has 0 spiro atoms. The highest BCUT2D eigenvalue weighted by atomic mass is 16.3. The number of benzene rings is 1. The topological polar surface area (TPSA) is 32.3 Å². The van der Waals surface area contributed by atoms with Crippen LogP contribution in [0.2, 0.25) is 0 Å². The zero-order valence-corrected chi connectivity index (χ0v) is 12.1. The molecule has 2 unspecified atom stereocenters. The Balaban J connectivity index is 2.74. The molecule has 0 aliphatic carbocycles. The largest absolute Gasteiger partial charge is 0.395 e. The van der Waals surface area contributed by atoms with E-state index in [1.807, 2.05) is 6.07 Å². The predicted molar refractivity (Wildman–Crippen MR) is 77.5 cm³/mol. The van der Waals surface area contributed by atoms with Gasteiger partial charge in [-0.25, -0.2) is 0 Å². The first-order chi connectivity index (χ1) is 8.54. The lowest BCUT2D eigenvalue weighted by atomic mass is 9.94. The second-order valence-corrected chi connectivity index (χ2v) is 5.81. The summed E-state index contributed by atoms with van der Waals surface area (Å²) in [6, 6.07) is 11.0. The molecule has 0 radical (unpaired) electrons. The summed E-state index contributed by atoms with van der Waals surface area (Å²) in [5, 5.41) is 13.1. The number of aliphatic hydroxyl groups is 1. The van der Waals surface area contributed by atoms with E-state index >= 15 is 0 Å². The van der Waals surface area contributed by atoms with Crippen molar-refractivity contribution in [3.63, 3.8) is 0 Å². The Labute approximate surface area is 111 Å². The third kappa shape index (κ3) is 4.79. The summed E-state index contributed by atoms with van der Waals surface area (Å²) in [4.78, 5) is 0. The van der Waals surface area contributed by atoms with Gasteiger partial charge in [0.15, 0.2) is 0 Å². The Hall–Kier alpha value is -0.860. The molecule has 0 saturated heterocycles. The van der Waals surface area contributed by atoms with Crippen LogP contribution >= 0.6 is 0 Å². The molecule has 1 rings (SSSR count). The molecule has 0 bridgehead atoms. The van der Waals surface area contributed by atoms with Crippen molar-refractivity contribution in [3.05, 3.63) is 35.9 Å². The van der Waals surface area contributed by atoms with Gasteiger partial charge in [-0.15, -0.1) is 0 Å². The Kier molecular flexibility index (Phi) is 6.37. The van der Waals surface area contributed by atoms with Crippen molar-refractivity contribution < 1.29 is 5.11 Å². The van der Waals surface area contributed by atoms with E-state index in [1.165, 1.54) is 5.56 Å². The molecule has 0 saturated carbocycles. The van der Waals surface area contributed by atoms with Crippen LogP contribution in [0.15, 0.2) is 30.3 Å². The zero-order valence-electron chi connectivity index (χ0n) is 12.1. The van der Waals surface area contributed by atoms with Gasteiger partial charge in [0.25, 0.3) is 0 Å². The first-order valence-electron chi connectivity index (χ1n) is 6.96. The Bertz CT molecular complexity index is 321. The van der Waals surface area contributed by atoms with Crippen molar-refractivity contribution in [3.8, 4) is 0 Å². The molecule has 1 aromatic carbocycles. The van der Waals surface area contributed by atoms with E-state index in [0.717, 1.165) is 6.42 Å². The van der Waals surface area contributed by atoms with Crippen LogP contribution in [0.3, 0.4) is 0 Å². The predicted octanol–water partition coefficient (Wildman–Crippen LogP) is 3.38. The van der Waals surface area contributed by atoms with E-state index in [-0.39, 0.29) is 12.6 Å². The maximum absolute atomic E-state index is 9.49. The van der Waals surface area contributed by atoms with Crippen molar-refractivity contribution in [2.75, 3.05) is 6.61 Å². The number of nitrogens with one attached hydrogen (secondary N) is 1. The maximum Gasteiger partial charge on any atom is 0.0584 e. The lowest BCUT2D eigenvalue weighted by Gasteiger charge is -2.29. The highest BCUT2D eigenvalue weighted by molar-refractivity contribution is 5.19. The highest BCUT2D eigenvalue weighted by Gasteiger charge is 2.20. The molecule has 0 heterocycles. The second-order valence-electron chi connectivity index (χ2n) is 5.81. The number of hydrogen-bond donors (Lipinski definition) is 2. The lowest BCUT2D eigenvalue weighted by Crippen LogP contribution is -2.38. The average molecular weight is 249 g/mol. The minimum Gasteiger partial charge on any atom is -0.395 e. The second kappa shape index (κ2) is 7.55. The molecular formula is C16H27NO. The standard InChI is InChI=1S/C16H27NO/c1-12(2)10-15(11-18)17-16(13(3)4)14-8-6-5-7-9-14/h5-9,12-13,15-18H,10-11H2,1-4H3. The van der Waals surface area contributed by atoms with Crippen LogP contribution in [0.1, 0.15) is 45.7 Å². The molecular weight excluding hydrogens is 222 g/mol. The van der Waals surface area contributed by atoms with Crippen molar-refractivity contribution >= 4 is 0 Å². The van der Waals surface area contributed by atoms with Crippen LogP contribution < -0.4 is 5.32 Å². The van der Waals surface area contributed by atoms with Crippen LogP contribution in [0.25, 0.3) is 0 Å².